The zero-order chi connectivity index (χ0) is 22.0. The van der Waals surface area contributed by atoms with Crippen LogP contribution in [-0.2, 0) is 17.9 Å². The number of nitrogens with one attached hydrogen (secondary N) is 1. The van der Waals surface area contributed by atoms with Gasteiger partial charge < -0.3 is 31.2 Å². The number of ether oxygens (including phenoxy) is 1. The number of halogens is 1. The van der Waals surface area contributed by atoms with Gasteiger partial charge in [0.15, 0.2) is 28.6 Å². The van der Waals surface area contributed by atoms with Gasteiger partial charge in [0.25, 0.3) is 5.91 Å². The number of carbonyl (C=O) groups excluding carboxylic acids is 1. The molecule has 0 radical (unpaired) electrons. The topological polar surface area (TPSA) is 171 Å². The second kappa shape index (κ2) is 8.41. The van der Waals surface area contributed by atoms with Crippen molar-refractivity contribution in [3.63, 3.8) is 0 Å². The molecular formula is C18H20ClN7O4. The first-order valence-electron chi connectivity index (χ1n) is 8.96. The van der Waals surface area contributed by atoms with Gasteiger partial charge in [-0.3, -0.25) is 4.79 Å². The van der Waals surface area contributed by atoms with Crippen LogP contribution in [0, 0.1) is 0 Å². The van der Waals surface area contributed by atoms with E-state index in [0.717, 1.165) is 5.52 Å². The number of nitrogens with zero attached hydrogens (tertiary/aromatic N) is 4. The fourth-order valence-electron chi connectivity index (χ4n) is 2.82. The van der Waals surface area contributed by atoms with Crippen molar-refractivity contribution in [1.29, 1.82) is 0 Å². The summed E-state index contributed by atoms with van der Waals surface area (Å²) in [7, 11) is 0. The van der Waals surface area contributed by atoms with E-state index in [1.165, 1.54) is 6.92 Å². The lowest BCUT2D eigenvalue weighted by atomic mass is 10.3. The fourth-order valence-corrected chi connectivity index (χ4v) is 2.95. The van der Waals surface area contributed by atoms with Crippen LogP contribution >= 0.6 is 11.6 Å². The molecule has 0 spiro atoms. The number of aryl methyl sites for hydroxylation is 1. The Morgan fingerprint density at radius 2 is 2.00 bits per heavy atom. The zero-order valence-corrected chi connectivity index (χ0v) is 17.0. The fraction of sp³-hybridized carbons (Fsp3) is 0.278. The number of fused-ring (bicyclic) bond motifs is 1. The molecule has 0 saturated carbocycles. The number of benzene rings is 1. The van der Waals surface area contributed by atoms with Gasteiger partial charge in [0, 0.05) is 12.6 Å². The molecule has 158 valence electrons. The molecule has 1 amide bonds. The molecule has 30 heavy (non-hydrogen) atoms. The van der Waals surface area contributed by atoms with Crippen molar-refractivity contribution < 1.29 is 19.4 Å². The van der Waals surface area contributed by atoms with Gasteiger partial charge in [0.1, 0.15) is 11.6 Å². The van der Waals surface area contributed by atoms with Gasteiger partial charge >= 0.3 is 5.97 Å². The number of aromatic nitrogens is 4. The van der Waals surface area contributed by atoms with Crippen molar-refractivity contribution in [1.82, 2.24) is 24.8 Å². The predicted molar refractivity (Wildman–Crippen MR) is 110 cm³/mol. The minimum Gasteiger partial charge on any atom is -0.479 e. The number of carboxylic acid groups (broad SMARTS) is 1. The third-order valence-corrected chi connectivity index (χ3v) is 4.58. The SMILES string of the molecule is CCn1c(CNC(=O)c2nc(Cl)c(N)nc2N)nc2ccc(OC(C)C(=O)O)cc21. The first-order chi connectivity index (χ1) is 14.2. The number of anilines is 2. The second-order valence-corrected chi connectivity index (χ2v) is 6.70. The third kappa shape index (κ3) is 4.20. The lowest BCUT2D eigenvalue weighted by molar-refractivity contribution is -0.144. The van der Waals surface area contributed by atoms with E-state index in [4.69, 9.17) is 32.9 Å². The number of carboxylic acids is 1. The molecule has 0 aliphatic carbocycles. The number of nitrogens with two attached hydrogens (primary N) is 2. The van der Waals surface area contributed by atoms with Crippen LogP contribution in [0.5, 0.6) is 5.75 Å². The summed E-state index contributed by atoms with van der Waals surface area (Å²) in [5, 5.41) is 11.6. The molecule has 12 heteroatoms. The zero-order valence-electron chi connectivity index (χ0n) is 16.2. The standard InChI is InChI=1S/C18H20ClN7O4/c1-3-26-11-6-9(30-8(2)18(28)29)4-5-10(11)23-12(26)7-22-17(27)13-15(20)25-16(21)14(19)24-13/h4-6,8H,3,7H2,1-2H3,(H,22,27)(H,28,29)(H4,20,21,25). The molecule has 2 aromatic heterocycles. The van der Waals surface area contributed by atoms with Crippen LogP contribution in [0.4, 0.5) is 11.6 Å². The van der Waals surface area contributed by atoms with Crippen molar-refractivity contribution in [3.05, 3.63) is 34.9 Å². The van der Waals surface area contributed by atoms with Gasteiger partial charge in [0.05, 0.1) is 17.6 Å². The number of amides is 1. The minimum atomic E-state index is -1.06. The van der Waals surface area contributed by atoms with Crippen molar-refractivity contribution in [2.24, 2.45) is 0 Å². The molecule has 0 fully saturated rings. The summed E-state index contributed by atoms with van der Waals surface area (Å²) >= 11 is 5.82. The molecule has 0 aliphatic heterocycles. The maximum Gasteiger partial charge on any atom is 0.344 e. The molecule has 0 bridgehead atoms. The van der Waals surface area contributed by atoms with Crippen LogP contribution in [0.1, 0.15) is 30.2 Å². The van der Waals surface area contributed by atoms with E-state index in [-0.39, 0.29) is 29.0 Å². The average Bonchev–Trinajstić information content (AvgIpc) is 3.05. The van der Waals surface area contributed by atoms with Crippen LogP contribution in [-0.4, -0.2) is 42.6 Å². The summed E-state index contributed by atoms with van der Waals surface area (Å²) in [4.78, 5) is 35.6. The maximum atomic E-state index is 12.5. The number of aliphatic carboxylic acids is 1. The number of nitrogen functional groups attached to an aromatic ring is 2. The van der Waals surface area contributed by atoms with Gasteiger partial charge in [-0.1, -0.05) is 11.6 Å². The number of hydrogen-bond donors (Lipinski definition) is 4. The highest BCUT2D eigenvalue weighted by Crippen LogP contribution is 2.23. The molecular weight excluding hydrogens is 414 g/mol. The van der Waals surface area contributed by atoms with Gasteiger partial charge in [0.2, 0.25) is 0 Å². The molecule has 0 aliphatic rings. The average molecular weight is 434 g/mol. The van der Waals surface area contributed by atoms with Crippen molar-refractivity contribution in [2.75, 3.05) is 11.5 Å². The van der Waals surface area contributed by atoms with Gasteiger partial charge in [-0.05, 0) is 26.0 Å². The van der Waals surface area contributed by atoms with Crippen molar-refractivity contribution in [3.8, 4) is 5.75 Å². The van der Waals surface area contributed by atoms with E-state index in [1.807, 2.05) is 11.5 Å². The van der Waals surface area contributed by atoms with Gasteiger partial charge in [-0.15, -0.1) is 0 Å². The van der Waals surface area contributed by atoms with Crippen LogP contribution in [0.25, 0.3) is 11.0 Å². The Labute approximate surface area is 176 Å². The number of hydrogen-bond acceptors (Lipinski definition) is 8. The minimum absolute atomic E-state index is 0.0614. The molecule has 1 unspecified atom stereocenters. The molecule has 2 heterocycles. The van der Waals surface area contributed by atoms with E-state index < -0.39 is 18.0 Å². The third-order valence-electron chi connectivity index (χ3n) is 4.30. The summed E-state index contributed by atoms with van der Waals surface area (Å²) in [6.07, 6.45) is -0.988. The normalized spacial score (nSPS) is 12.0. The highest BCUT2D eigenvalue weighted by Gasteiger charge is 2.18. The number of imidazole rings is 1. The first kappa shape index (κ1) is 21.1. The van der Waals surface area contributed by atoms with E-state index >= 15 is 0 Å². The predicted octanol–water partition coefficient (Wildman–Crippen LogP) is 1.45. The Kier molecular flexibility index (Phi) is 5.92. The molecule has 0 saturated heterocycles. The maximum absolute atomic E-state index is 12.5. The molecule has 3 rings (SSSR count). The summed E-state index contributed by atoms with van der Waals surface area (Å²) in [5.74, 6) is -0.843. The monoisotopic (exact) mass is 433 g/mol. The number of rotatable bonds is 7. The van der Waals surface area contributed by atoms with Crippen molar-refractivity contribution in [2.45, 2.75) is 33.0 Å². The highest BCUT2D eigenvalue weighted by molar-refractivity contribution is 6.31. The molecule has 1 aromatic carbocycles. The van der Waals surface area contributed by atoms with Crippen LogP contribution in [0.15, 0.2) is 18.2 Å². The van der Waals surface area contributed by atoms with Crippen LogP contribution in [0.2, 0.25) is 5.15 Å². The van der Waals surface area contributed by atoms with Gasteiger partial charge in [-0.25, -0.2) is 19.7 Å². The molecule has 11 nitrogen and oxygen atoms in total. The number of carbonyl (C=O) groups is 2. The van der Waals surface area contributed by atoms with E-state index in [2.05, 4.69) is 20.3 Å². The Morgan fingerprint density at radius 1 is 1.27 bits per heavy atom. The van der Waals surface area contributed by atoms with Crippen LogP contribution in [0.3, 0.4) is 0 Å². The summed E-state index contributed by atoms with van der Waals surface area (Å²) in [6, 6.07) is 5.07. The summed E-state index contributed by atoms with van der Waals surface area (Å²) in [5.41, 5.74) is 12.5. The molecule has 1 atom stereocenters. The summed E-state index contributed by atoms with van der Waals surface area (Å²) < 4.78 is 7.29. The van der Waals surface area contributed by atoms with Gasteiger partial charge in [-0.2, -0.15) is 0 Å². The summed E-state index contributed by atoms with van der Waals surface area (Å²) in [6.45, 7) is 4.02. The van der Waals surface area contributed by atoms with E-state index in [0.29, 0.717) is 23.6 Å². The quantitative estimate of drug-likeness (QED) is 0.430. The van der Waals surface area contributed by atoms with E-state index in [1.54, 1.807) is 18.2 Å². The Morgan fingerprint density at radius 3 is 2.67 bits per heavy atom. The first-order valence-corrected chi connectivity index (χ1v) is 9.34. The lowest BCUT2D eigenvalue weighted by Gasteiger charge is -2.11. The smallest absolute Gasteiger partial charge is 0.344 e. The molecule has 3 aromatic rings. The Bertz CT molecular complexity index is 1130. The van der Waals surface area contributed by atoms with E-state index in [9.17, 15) is 9.59 Å². The molecule has 6 N–H and O–H groups in total. The lowest BCUT2D eigenvalue weighted by Crippen LogP contribution is -2.27. The van der Waals surface area contributed by atoms with Crippen molar-refractivity contribution >= 4 is 46.1 Å². The Hall–Kier alpha value is -3.60. The largest absolute Gasteiger partial charge is 0.479 e. The second-order valence-electron chi connectivity index (χ2n) is 6.34. The Balaban J connectivity index is 1.83. The highest BCUT2D eigenvalue weighted by atomic mass is 35.5. The van der Waals surface area contributed by atoms with Crippen LogP contribution < -0.4 is 21.5 Å².